The number of carboxylic acid groups (broad SMARTS) is 1. The number of benzene rings is 1. The van der Waals surface area contributed by atoms with Crippen LogP contribution in [0.15, 0.2) is 30.3 Å². The summed E-state index contributed by atoms with van der Waals surface area (Å²) in [5.74, 6) is -0.212. The van der Waals surface area contributed by atoms with E-state index in [1.165, 1.54) is 4.80 Å². The van der Waals surface area contributed by atoms with E-state index in [2.05, 4.69) is 15.4 Å². The second-order valence-electron chi connectivity index (χ2n) is 6.34. The molecule has 1 saturated heterocycles. The zero-order valence-corrected chi connectivity index (χ0v) is 14.1. The number of rotatable bonds is 5. The lowest BCUT2D eigenvalue weighted by molar-refractivity contribution is -0.139. The molecule has 1 fully saturated rings. The van der Waals surface area contributed by atoms with E-state index >= 15 is 0 Å². The van der Waals surface area contributed by atoms with Crippen LogP contribution in [0, 0.1) is 5.92 Å². The van der Waals surface area contributed by atoms with Gasteiger partial charge in [-0.05, 0) is 30.9 Å². The van der Waals surface area contributed by atoms with E-state index in [0.717, 1.165) is 5.56 Å². The summed E-state index contributed by atoms with van der Waals surface area (Å²) in [6.07, 6.45) is 1.60. The van der Waals surface area contributed by atoms with Crippen molar-refractivity contribution < 1.29 is 14.7 Å². The molecule has 2 heterocycles. The Labute approximate surface area is 145 Å². The van der Waals surface area contributed by atoms with Crippen LogP contribution in [0.3, 0.4) is 0 Å². The average Bonchev–Trinajstić information content (AvgIpc) is 3.11. The molecule has 8 heteroatoms. The highest BCUT2D eigenvalue weighted by atomic mass is 16.4. The smallest absolute Gasteiger partial charge is 0.303 e. The maximum Gasteiger partial charge on any atom is 0.303 e. The number of tetrazole rings is 1. The molecule has 1 aromatic heterocycles. The molecule has 0 spiro atoms. The standard InChI is InChI=1S/C17H21N5O3/c1-12(17(25)21-9-7-13(8-10-21)11-15(23)24)22-19-16(18-20-22)14-5-3-2-4-6-14/h2-6,12-13H,7-11H2,1H3,(H,23,24). The molecule has 1 atom stereocenters. The van der Waals surface area contributed by atoms with Crippen LogP contribution in [0.4, 0.5) is 0 Å². The van der Waals surface area contributed by atoms with Crippen LogP contribution in [0.1, 0.15) is 32.2 Å². The first-order valence-electron chi connectivity index (χ1n) is 8.40. The van der Waals surface area contributed by atoms with Gasteiger partial charge in [0, 0.05) is 25.1 Å². The van der Waals surface area contributed by atoms with Gasteiger partial charge in [-0.15, -0.1) is 10.2 Å². The van der Waals surface area contributed by atoms with Gasteiger partial charge in [-0.2, -0.15) is 4.80 Å². The van der Waals surface area contributed by atoms with E-state index in [-0.39, 0.29) is 18.2 Å². The summed E-state index contributed by atoms with van der Waals surface area (Å²) in [4.78, 5) is 26.5. The highest BCUT2D eigenvalue weighted by Gasteiger charge is 2.29. The molecule has 8 nitrogen and oxygen atoms in total. The van der Waals surface area contributed by atoms with Crippen LogP contribution in [0.25, 0.3) is 11.4 Å². The van der Waals surface area contributed by atoms with Crippen molar-refractivity contribution in [2.75, 3.05) is 13.1 Å². The summed E-state index contributed by atoms with van der Waals surface area (Å²) in [6.45, 7) is 2.89. The number of hydrogen-bond acceptors (Lipinski definition) is 5. The number of carbonyl (C=O) groups excluding carboxylic acids is 1. The Morgan fingerprint density at radius 1 is 1.24 bits per heavy atom. The van der Waals surface area contributed by atoms with E-state index in [1.54, 1.807) is 11.8 Å². The first-order valence-corrected chi connectivity index (χ1v) is 8.40. The van der Waals surface area contributed by atoms with E-state index in [9.17, 15) is 9.59 Å². The van der Waals surface area contributed by atoms with Crippen LogP contribution in [-0.2, 0) is 9.59 Å². The number of nitrogens with zero attached hydrogens (tertiary/aromatic N) is 5. The molecule has 0 radical (unpaired) electrons. The van der Waals surface area contributed by atoms with Gasteiger partial charge in [0.05, 0.1) is 0 Å². The topological polar surface area (TPSA) is 101 Å². The first kappa shape index (κ1) is 17.1. The molecular formula is C17H21N5O3. The molecule has 1 unspecified atom stereocenters. The lowest BCUT2D eigenvalue weighted by atomic mass is 9.93. The second kappa shape index (κ2) is 7.42. The fraction of sp³-hybridized carbons (Fsp3) is 0.471. The number of carbonyl (C=O) groups is 2. The molecular weight excluding hydrogens is 322 g/mol. The second-order valence-corrected chi connectivity index (χ2v) is 6.34. The lowest BCUT2D eigenvalue weighted by Gasteiger charge is -2.32. The minimum absolute atomic E-state index is 0.0641. The molecule has 1 aliphatic heterocycles. The molecule has 1 N–H and O–H groups in total. The SMILES string of the molecule is CC(C(=O)N1CCC(CC(=O)O)CC1)n1nnc(-c2ccccc2)n1. The highest BCUT2D eigenvalue weighted by Crippen LogP contribution is 2.22. The maximum atomic E-state index is 12.7. The van der Waals surface area contributed by atoms with Gasteiger partial charge in [0.2, 0.25) is 11.7 Å². The number of aliphatic carboxylic acids is 1. The number of likely N-dealkylation sites (tertiary alicyclic amines) is 1. The van der Waals surface area contributed by atoms with Gasteiger partial charge in [0.25, 0.3) is 0 Å². The Balaban J connectivity index is 1.62. The number of piperidine rings is 1. The van der Waals surface area contributed by atoms with Gasteiger partial charge in [0.1, 0.15) is 6.04 Å². The van der Waals surface area contributed by atoms with Gasteiger partial charge >= 0.3 is 5.97 Å². The highest BCUT2D eigenvalue weighted by molar-refractivity contribution is 5.80. The van der Waals surface area contributed by atoms with Gasteiger partial charge in [-0.3, -0.25) is 9.59 Å². The van der Waals surface area contributed by atoms with Crippen molar-refractivity contribution >= 4 is 11.9 Å². The summed E-state index contributed by atoms with van der Waals surface area (Å²) in [7, 11) is 0. The van der Waals surface area contributed by atoms with Crippen LogP contribution in [-0.4, -0.2) is 55.2 Å². The molecule has 0 saturated carbocycles. The summed E-state index contributed by atoms with van der Waals surface area (Å²) < 4.78 is 0. The Bertz CT molecular complexity index is 738. The Kier molecular flexibility index (Phi) is 5.06. The van der Waals surface area contributed by atoms with E-state index in [4.69, 9.17) is 5.11 Å². The minimum Gasteiger partial charge on any atom is -0.481 e. The number of carboxylic acids is 1. The van der Waals surface area contributed by atoms with Crippen LogP contribution in [0.5, 0.6) is 0 Å². The normalized spacial score (nSPS) is 16.6. The predicted molar refractivity (Wildman–Crippen MR) is 89.5 cm³/mol. The molecule has 1 aromatic carbocycles. The zero-order valence-electron chi connectivity index (χ0n) is 14.1. The lowest BCUT2D eigenvalue weighted by Crippen LogP contribution is -2.42. The third kappa shape index (κ3) is 4.01. The molecule has 1 aliphatic rings. The third-order valence-corrected chi connectivity index (χ3v) is 4.55. The molecule has 25 heavy (non-hydrogen) atoms. The maximum absolute atomic E-state index is 12.7. The minimum atomic E-state index is -0.779. The summed E-state index contributed by atoms with van der Waals surface area (Å²) >= 11 is 0. The van der Waals surface area contributed by atoms with Crippen molar-refractivity contribution in [2.24, 2.45) is 5.92 Å². The first-order chi connectivity index (χ1) is 12.0. The predicted octanol–water partition coefficient (Wildman–Crippen LogP) is 1.61. The summed E-state index contributed by atoms with van der Waals surface area (Å²) in [5.41, 5.74) is 0.850. The van der Waals surface area contributed by atoms with Gasteiger partial charge in [0.15, 0.2) is 0 Å². The molecule has 2 aromatic rings. The van der Waals surface area contributed by atoms with E-state index < -0.39 is 12.0 Å². The summed E-state index contributed by atoms with van der Waals surface area (Å²) in [5, 5.41) is 21.2. The molecule has 132 valence electrons. The third-order valence-electron chi connectivity index (χ3n) is 4.55. The quantitative estimate of drug-likeness (QED) is 0.885. The molecule has 1 amide bonds. The number of amides is 1. The van der Waals surface area contributed by atoms with Crippen LogP contribution < -0.4 is 0 Å². The van der Waals surface area contributed by atoms with Crippen LogP contribution in [0.2, 0.25) is 0 Å². The Morgan fingerprint density at radius 3 is 2.56 bits per heavy atom. The van der Waals surface area contributed by atoms with Crippen molar-refractivity contribution in [1.29, 1.82) is 0 Å². The van der Waals surface area contributed by atoms with E-state index in [1.807, 2.05) is 30.3 Å². The largest absolute Gasteiger partial charge is 0.481 e. The average molecular weight is 343 g/mol. The molecule has 3 rings (SSSR count). The van der Waals surface area contributed by atoms with Crippen molar-refractivity contribution in [3.8, 4) is 11.4 Å². The summed E-state index contributed by atoms with van der Waals surface area (Å²) in [6, 6.07) is 8.94. The zero-order chi connectivity index (χ0) is 17.8. The van der Waals surface area contributed by atoms with Crippen molar-refractivity contribution in [1.82, 2.24) is 25.1 Å². The van der Waals surface area contributed by atoms with Crippen molar-refractivity contribution in [3.63, 3.8) is 0 Å². The molecule has 0 aliphatic carbocycles. The van der Waals surface area contributed by atoms with Crippen molar-refractivity contribution in [3.05, 3.63) is 30.3 Å². The molecule has 0 bridgehead atoms. The Hall–Kier alpha value is -2.77. The fourth-order valence-electron chi connectivity index (χ4n) is 3.06. The van der Waals surface area contributed by atoms with Crippen LogP contribution >= 0.6 is 0 Å². The van der Waals surface area contributed by atoms with Gasteiger partial charge in [-0.1, -0.05) is 30.3 Å². The number of hydrogen-bond donors (Lipinski definition) is 1. The number of aromatic nitrogens is 4. The van der Waals surface area contributed by atoms with E-state index in [0.29, 0.717) is 31.8 Å². The monoisotopic (exact) mass is 343 g/mol. The van der Waals surface area contributed by atoms with Gasteiger partial charge in [-0.25, -0.2) is 0 Å². The van der Waals surface area contributed by atoms with Gasteiger partial charge < -0.3 is 10.0 Å². The Morgan fingerprint density at radius 2 is 1.92 bits per heavy atom. The fourth-order valence-corrected chi connectivity index (χ4v) is 3.06. The van der Waals surface area contributed by atoms with Crippen molar-refractivity contribution in [2.45, 2.75) is 32.2 Å².